The lowest BCUT2D eigenvalue weighted by Gasteiger charge is -2.38. The van der Waals surface area contributed by atoms with Crippen molar-refractivity contribution in [3.63, 3.8) is 0 Å². The van der Waals surface area contributed by atoms with Crippen molar-refractivity contribution < 1.29 is 52.4 Å². The van der Waals surface area contributed by atoms with Crippen LogP contribution in [-0.4, -0.2) is 90.6 Å². The van der Waals surface area contributed by atoms with Crippen LogP contribution in [0.3, 0.4) is 0 Å². The summed E-state index contributed by atoms with van der Waals surface area (Å²) >= 11 is 0. The van der Waals surface area contributed by atoms with Gasteiger partial charge in [0.2, 0.25) is 0 Å². The summed E-state index contributed by atoms with van der Waals surface area (Å²) in [5.41, 5.74) is 0.0379. The van der Waals surface area contributed by atoms with Crippen molar-refractivity contribution in [3.05, 3.63) is 53.1 Å². The van der Waals surface area contributed by atoms with Crippen LogP contribution in [0.2, 0.25) is 0 Å². The average Bonchev–Trinajstić information content (AvgIpc) is 3.46. The number of ketones is 1. The molecule has 2 amide bonds. The maximum absolute atomic E-state index is 13.8. The van der Waals surface area contributed by atoms with E-state index in [0.717, 1.165) is 27.3 Å². The summed E-state index contributed by atoms with van der Waals surface area (Å²) in [6, 6.07) is 11.8. The third-order valence-corrected chi connectivity index (χ3v) is 9.67. The highest BCUT2D eigenvalue weighted by Gasteiger charge is 2.54. The molecule has 4 atom stereocenters. The van der Waals surface area contributed by atoms with E-state index in [1.54, 1.807) is 25.7 Å². The number of morpholine rings is 1. The van der Waals surface area contributed by atoms with E-state index in [2.05, 4.69) is 5.32 Å². The fourth-order valence-electron chi connectivity index (χ4n) is 7.19. The number of esters is 2. The van der Waals surface area contributed by atoms with Gasteiger partial charge in [0.1, 0.15) is 11.4 Å². The van der Waals surface area contributed by atoms with Gasteiger partial charge in [0.05, 0.1) is 13.2 Å². The Kier molecular flexibility index (Phi) is 10.6. The van der Waals surface area contributed by atoms with E-state index in [4.69, 9.17) is 28.4 Å². The van der Waals surface area contributed by atoms with Gasteiger partial charge >= 0.3 is 18.0 Å². The second kappa shape index (κ2) is 14.8. The number of nitrogens with one attached hydrogen (secondary N) is 1. The summed E-state index contributed by atoms with van der Waals surface area (Å²) < 4.78 is 35.0. The van der Waals surface area contributed by atoms with Crippen LogP contribution < -0.4 is 10.1 Å². The lowest BCUT2D eigenvalue weighted by molar-refractivity contribution is -0.178. The van der Waals surface area contributed by atoms with Crippen molar-refractivity contribution in [2.75, 3.05) is 26.2 Å². The van der Waals surface area contributed by atoms with E-state index in [0.29, 0.717) is 49.2 Å². The number of benzene rings is 3. The molecule has 278 valence electrons. The van der Waals surface area contributed by atoms with E-state index in [-0.39, 0.29) is 31.9 Å². The highest BCUT2D eigenvalue weighted by Crippen LogP contribution is 2.46. The fourth-order valence-corrected chi connectivity index (χ4v) is 7.19. The summed E-state index contributed by atoms with van der Waals surface area (Å²) in [6.45, 7) is 11.4. The zero-order chi connectivity index (χ0) is 37.4. The number of carbonyl (C=O) groups is 5. The Morgan fingerprint density at radius 1 is 1.02 bits per heavy atom. The Bertz CT molecular complexity index is 1920. The van der Waals surface area contributed by atoms with Crippen molar-refractivity contribution in [2.45, 2.75) is 104 Å². The minimum Gasteiger partial charge on any atom is -0.449 e. The number of alkyl carbamates (subject to hydrolysis) is 1. The second-order valence-corrected chi connectivity index (χ2v) is 14.5. The van der Waals surface area contributed by atoms with Gasteiger partial charge in [-0.25, -0.2) is 9.59 Å². The fraction of sp³-hybridized carbons (Fsp3) is 0.513. The third-order valence-electron chi connectivity index (χ3n) is 9.67. The molecule has 13 heteroatoms. The Hall–Kier alpha value is -4.59. The molecule has 3 aromatic rings. The van der Waals surface area contributed by atoms with Crippen LogP contribution in [0.4, 0.5) is 4.79 Å². The molecule has 3 aliphatic rings. The van der Waals surface area contributed by atoms with Crippen LogP contribution in [0.5, 0.6) is 5.75 Å². The molecular weight excluding hydrogens is 672 g/mol. The molecular formula is C39H46N2O11. The van der Waals surface area contributed by atoms with E-state index in [1.807, 2.05) is 43.3 Å². The molecule has 3 aromatic carbocycles. The van der Waals surface area contributed by atoms with Crippen molar-refractivity contribution in [1.29, 1.82) is 0 Å². The van der Waals surface area contributed by atoms with Crippen molar-refractivity contribution >= 4 is 51.3 Å². The Morgan fingerprint density at radius 3 is 2.38 bits per heavy atom. The number of hydrogen-bond donors (Lipinski definition) is 1. The van der Waals surface area contributed by atoms with Crippen molar-refractivity contribution in [1.82, 2.24) is 10.2 Å². The van der Waals surface area contributed by atoms with Gasteiger partial charge in [-0.05, 0) is 93.3 Å². The largest absolute Gasteiger partial charge is 0.449 e. The quantitative estimate of drug-likeness (QED) is 0.127. The second-order valence-electron chi connectivity index (χ2n) is 14.5. The van der Waals surface area contributed by atoms with E-state index < -0.39 is 53.5 Å². The highest BCUT2D eigenvalue weighted by molar-refractivity contribution is 6.05. The summed E-state index contributed by atoms with van der Waals surface area (Å²) in [7, 11) is 0. The standard InChI is InChI=1S/C39H46N2O11/c1-7-41-20-31-49-33(35(41)44)34(50-31)36(45)51-39(22(2)42)14-13-26-29(19-39)32(48-23(3)43)28-18-25-12-9-8-11-24(25)17-27(28)30(26)21-47-16-10-15-40-37(46)52-38(4,5)6/h8-9,11-12,17-18,31,33-34H,7,10,13-16,19-21H2,1-6H3,(H,40,46)/t31-,33+,34+,39+/m0/s1. The first kappa shape index (κ1) is 37.2. The van der Waals surface area contributed by atoms with Gasteiger partial charge < -0.3 is 38.6 Å². The maximum Gasteiger partial charge on any atom is 0.407 e. The Morgan fingerprint density at radius 2 is 1.73 bits per heavy atom. The van der Waals surface area contributed by atoms with Crippen LogP contribution in [0.15, 0.2) is 36.4 Å². The van der Waals surface area contributed by atoms with Crippen molar-refractivity contribution in [3.8, 4) is 5.75 Å². The van der Waals surface area contributed by atoms with Crippen LogP contribution in [0.25, 0.3) is 21.5 Å². The van der Waals surface area contributed by atoms with E-state index >= 15 is 0 Å². The molecule has 2 bridgehead atoms. The molecule has 2 fully saturated rings. The van der Waals surface area contributed by atoms with Gasteiger partial charge in [-0.2, -0.15) is 0 Å². The number of carbonyl (C=O) groups excluding carboxylic acids is 5. The van der Waals surface area contributed by atoms with Crippen LogP contribution in [-0.2, 0) is 62.3 Å². The number of ether oxygens (including phenoxy) is 6. The van der Waals surface area contributed by atoms with Gasteiger partial charge in [0.25, 0.3) is 5.91 Å². The molecule has 0 radical (unpaired) electrons. The van der Waals surface area contributed by atoms with Gasteiger partial charge in [-0.1, -0.05) is 24.3 Å². The monoisotopic (exact) mass is 718 g/mol. The molecule has 2 heterocycles. The topological polar surface area (TPSA) is 156 Å². The first-order valence-electron chi connectivity index (χ1n) is 17.8. The minimum absolute atomic E-state index is 0.0711. The highest BCUT2D eigenvalue weighted by atomic mass is 16.8. The maximum atomic E-state index is 13.8. The number of likely N-dealkylation sites (N-methyl/N-ethyl adjacent to an activating group) is 1. The van der Waals surface area contributed by atoms with Gasteiger partial charge in [-0.15, -0.1) is 0 Å². The first-order chi connectivity index (χ1) is 24.7. The lowest BCUT2D eigenvalue weighted by atomic mass is 9.74. The van der Waals surface area contributed by atoms with E-state index in [1.165, 1.54) is 13.8 Å². The smallest absolute Gasteiger partial charge is 0.407 e. The predicted molar refractivity (Wildman–Crippen MR) is 189 cm³/mol. The molecule has 1 N–H and O–H groups in total. The van der Waals surface area contributed by atoms with Gasteiger partial charge in [0.15, 0.2) is 29.9 Å². The molecule has 1 aliphatic carbocycles. The molecule has 0 unspecified atom stereocenters. The normalized spacial score (nSPS) is 22.6. The number of amides is 2. The van der Waals surface area contributed by atoms with Crippen LogP contribution in [0.1, 0.15) is 71.1 Å². The summed E-state index contributed by atoms with van der Waals surface area (Å²) in [4.78, 5) is 66.5. The molecule has 0 saturated carbocycles. The number of hydrogen-bond acceptors (Lipinski definition) is 11. The number of nitrogens with zero attached hydrogens (tertiary/aromatic N) is 1. The average molecular weight is 719 g/mol. The molecule has 52 heavy (non-hydrogen) atoms. The minimum atomic E-state index is -1.62. The Labute approximate surface area is 302 Å². The van der Waals surface area contributed by atoms with Crippen LogP contribution in [0, 0.1) is 0 Å². The van der Waals surface area contributed by atoms with Crippen molar-refractivity contribution in [2.24, 2.45) is 0 Å². The lowest BCUT2D eigenvalue weighted by Crippen LogP contribution is -2.53. The number of rotatable bonds is 11. The summed E-state index contributed by atoms with van der Waals surface area (Å²) in [6.07, 6.45) is -2.85. The molecule has 0 aromatic heterocycles. The molecule has 2 aliphatic heterocycles. The molecule has 13 nitrogen and oxygen atoms in total. The number of Topliss-reactive ketones (excluding diaryl/α,β-unsaturated/α-hetero) is 1. The summed E-state index contributed by atoms with van der Waals surface area (Å²) in [5.74, 6) is -1.87. The van der Waals surface area contributed by atoms with Gasteiger partial charge in [0, 0.05) is 44.0 Å². The summed E-state index contributed by atoms with van der Waals surface area (Å²) in [5, 5.41) is 6.11. The van der Waals surface area contributed by atoms with E-state index in [9.17, 15) is 24.0 Å². The predicted octanol–water partition coefficient (Wildman–Crippen LogP) is 4.68. The van der Waals surface area contributed by atoms with Crippen LogP contribution >= 0.6 is 0 Å². The zero-order valence-electron chi connectivity index (χ0n) is 30.5. The Balaban J connectivity index is 1.33. The number of fused-ring (bicyclic) bond motifs is 5. The molecule has 2 saturated heterocycles. The molecule has 0 spiro atoms. The SMILES string of the molecule is CCN1C[C@@H]2O[C@@H](C(=O)O[C@]3(C(C)=O)CCc4c(c(OC(C)=O)c5cc6ccccc6cc5c4COCCCNC(=O)OC(C)(C)C)C3)[C@@H](O2)C1=O. The zero-order valence-corrected chi connectivity index (χ0v) is 30.5. The molecule has 6 rings (SSSR count). The van der Waals surface area contributed by atoms with Gasteiger partial charge in [-0.3, -0.25) is 14.4 Å². The third kappa shape index (κ3) is 7.62. The first-order valence-corrected chi connectivity index (χ1v) is 17.8.